The van der Waals surface area contributed by atoms with E-state index in [2.05, 4.69) is 5.32 Å². The highest BCUT2D eigenvalue weighted by atomic mass is 19.1. The standard InChI is InChI=1S/C16H21F2NO3/c1-22-10-12(20)9-19-15(21)16(6-2-3-7-16)13-5-4-11(17)8-14(13)18/h4-5,8,12,20H,2-3,6-7,9-10H2,1H3,(H,19,21)/t12-/m1/s1. The molecule has 2 rings (SSSR count). The molecule has 1 aliphatic rings. The Labute approximate surface area is 128 Å². The maximum Gasteiger partial charge on any atom is 0.230 e. The average molecular weight is 313 g/mol. The van der Waals surface area contributed by atoms with E-state index < -0.39 is 23.2 Å². The number of aliphatic hydroxyl groups excluding tert-OH is 1. The molecule has 2 N–H and O–H groups in total. The van der Waals surface area contributed by atoms with Crippen molar-refractivity contribution >= 4 is 5.91 Å². The van der Waals surface area contributed by atoms with Crippen LogP contribution in [0.4, 0.5) is 8.78 Å². The number of ether oxygens (including phenoxy) is 1. The quantitative estimate of drug-likeness (QED) is 0.843. The smallest absolute Gasteiger partial charge is 0.230 e. The second-order valence-corrected chi connectivity index (χ2v) is 5.73. The Kier molecular flexibility index (Phi) is 5.47. The van der Waals surface area contributed by atoms with Gasteiger partial charge in [0, 0.05) is 25.3 Å². The number of nitrogens with one attached hydrogen (secondary N) is 1. The van der Waals surface area contributed by atoms with Crippen molar-refractivity contribution in [3.63, 3.8) is 0 Å². The van der Waals surface area contributed by atoms with E-state index in [1.807, 2.05) is 0 Å². The molecule has 1 atom stereocenters. The molecule has 6 heteroatoms. The van der Waals surface area contributed by atoms with E-state index in [4.69, 9.17) is 4.74 Å². The largest absolute Gasteiger partial charge is 0.389 e. The van der Waals surface area contributed by atoms with Crippen molar-refractivity contribution in [3.05, 3.63) is 35.4 Å². The molecule has 122 valence electrons. The summed E-state index contributed by atoms with van der Waals surface area (Å²) in [5, 5.41) is 12.3. The molecule has 1 aromatic carbocycles. The molecular weight excluding hydrogens is 292 g/mol. The van der Waals surface area contributed by atoms with Crippen LogP contribution in [-0.2, 0) is 14.9 Å². The molecule has 1 aromatic rings. The average Bonchev–Trinajstić information content (AvgIpc) is 2.95. The molecule has 0 heterocycles. The number of amides is 1. The Bertz CT molecular complexity index is 530. The number of hydrogen-bond donors (Lipinski definition) is 2. The van der Waals surface area contributed by atoms with Crippen LogP contribution < -0.4 is 5.32 Å². The number of aliphatic hydroxyl groups is 1. The summed E-state index contributed by atoms with van der Waals surface area (Å²) < 4.78 is 32.0. The molecule has 1 saturated carbocycles. The van der Waals surface area contributed by atoms with Gasteiger partial charge in [0.2, 0.25) is 5.91 Å². The minimum atomic E-state index is -0.982. The summed E-state index contributed by atoms with van der Waals surface area (Å²) in [6.45, 7) is 0.148. The van der Waals surface area contributed by atoms with Crippen LogP contribution in [0.15, 0.2) is 18.2 Å². The molecule has 1 amide bonds. The van der Waals surface area contributed by atoms with Gasteiger partial charge < -0.3 is 15.2 Å². The molecule has 0 radical (unpaired) electrons. The zero-order valence-electron chi connectivity index (χ0n) is 12.6. The highest BCUT2D eigenvalue weighted by Crippen LogP contribution is 2.42. The first-order valence-electron chi connectivity index (χ1n) is 7.40. The molecule has 0 aromatic heterocycles. The van der Waals surface area contributed by atoms with Crippen LogP contribution in [-0.4, -0.2) is 37.4 Å². The van der Waals surface area contributed by atoms with Gasteiger partial charge in [0.25, 0.3) is 0 Å². The Morgan fingerprint density at radius 2 is 2.09 bits per heavy atom. The SMILES string of the molecule is COC[C@H](O)CNC(=O)C1(c2ccc(F)cc2F)CCCC1. The van der Waals surface area contributed by atoms with E-state index in [0.717, 1.165) is 18.9 Å². The molecule has 1 fully saturated rings. The fourth-order valence-electron chi connectivity index (χ4n) is 3.11. The van der Waals surface area contributed by atoms with Crippen LogP contribution in [0.3, 0.4) is 0 Å². The topological polar surface area (TPSA) is 58.6 Å². The third-order valence-electron chi connectivity index (χ3n) is 4.20. The van der Waals surface area contributed by atoms with Gasteiger partial charge >= 0.3 is 0 Å². The predicted octanol–water partition coefficient (Wildman–Crippen LogP) is 1.90. The molecule has 0 spiro atoms. The number of carbonyl (C=O) groups is 1. The molecule has 0 saturated heterocycles. The molecule has 0 aliphatic heterocycles. The Morgan fingerprint density at radius 3 is 2.68 bits per heavy atom. The Morgan fingerprint density at radius 1 is 1.41 bits per heavy atom. The predicted molar refractivity (Wildman–Crippen MR) is 77.4 cm³/mol. The zero-order chi connectivity index (χ0) is 16.2. The molecule has 0 bridgehead atoms. The minimum Gasteiger partial charge on any atom is -0.389 e. The molecule has 4 nitrogen and oxygen atoms in total. The van der Waals surface area contributed by atoms with Gasteiger partial charge in [-0.2, -0.15) is 0 Å². The first kappa shape index (κ1) is 16.8. The Hall–Kier alpha value is -1.53. The lowest BCUT2D eigenvalue weighted by Crippen LogP contribution is -2.46. The van der Waals surface area contributed by atoms with Crippen molar-refractivity contribution in [2.24, 2.45) is 0 Å². The summed E-state index contributed by atoms with van der Waals surface area (Å²) in [4.78, 5) is 12.6. The second kappa shape index (κ2) is 7.15. The summed E-state index contributed by atoms with van der Waals surface area (Å²) >= 11 is 0. The van der Waals surface area contributed by atoms with Gasteiger partial charge in [-0.15, -0.1) is 0 Å². The third-order valence-corrected chi connectivity index (χ3v) is 4.20. The van der Waals surface area contributed by atoms with Crippen molar-refractivity contribution in [1.29, 1.82) is 0 Å². The fourth-order valence-corrected chi connectivity index (χ4v) is 3.11. The minimum absolute atomic E-state index is 0.0389. The molecular formula is C16H21F2NO3. The lowest BCUT2D eigenvalue weighted by molar-refractivity contribution is -0.127. The third kappa shape index (κ3) is 3.44. The summed E-state index contributed by atoms with van der Waals surface area (Å²) in [6, 6.07) is 3.33. The summed E-state index contributed by atoms with van der Waals surface area (Å²) in [6.07, 6.45) is 1.84. The van der Waals surface area contributed by atoms with E-state index >= 15 is 0 Å². The number of hydrogen-bond acceptors (Lipinski definition) is 3. The number of carbonyl (C=O) groups excluding carboxylic acids is 1. The summed E-state index contributed by atoms with van der Waals surface area (Å²) in [5.74, 6) is -1.69. The van der Waals surface area contributed by atoms with E-state index in [1.54, 1.807) is 0 Å². The summed E-state index contributed by atoms with van der Waals surface area (Å²) in [5.41, 5.74) is -0.755. The van der Waals surface area contributed by atoms with Crippen LogP contribution >= 0.6 is 0 Å². The van der Waals surface area contributed by atoms with Crippen molar-refractivity contribution in [2.45, 2.75) is 37.2 Å². The molecule has 0 unspecified atom stereocenters. The number of benzene rings is 1. The van der Waals surface area contributed by atoms with Crippen LogP contribution in [0.5, 0.6) is 0 Å². The van der Waals surface area contributed by atoms with Gasteiger partial charge in [-0.3, -0.25) is 4.79 Å². The lowest BCUT2D eigenvalue weighted by atomic mass is 9.77. The molecule has 1 aliphatic carbocycles. The van der Waals surface area contributed by atoms with Crippen LogP contribution in [0, 0.1) is 11.6 Å². The first-order valence-corrected chi connectivity index (χ1v) is 7.40. The number of halogens is 2. The van der Waals surface area contributed by atoms with Gasteiger partial charge in [0.15, 0.2) is 0 Å². The maximum absolute atomic E-state index is 14.1. The van der Waals surface area contributed by atoms with Gasteiger partial charge in [-0.05, 0) is 18.9 Å². The van der Waals surface area contributed by atoms with Crippen molar-refractivity contribution in [1.82, 2.24) is 5.32 Å². The van der Waals surface area contributed by atoms with E-state index in [9.17, 15) is 18.7 Å². The van der Waals surface area contributed by atoms with Crippen LogP contribution in [0.25, 0.3) is 0 Å². The highest BCUT2D eigenvalue weighted by molar-refractivity contribution is 5.88. The van der Waals surface area contributed by atoms with Gasteiger partial charge in [-0.1, -0.05) is 18.9 Å². The molecule has 22 heavy (non-hydrogen) atoms. The van der Waals surface area contributed by atoms with E-state index in [0.29, 0.717) is 12.8 Å². The maximum atomic E-state index is 14.1. The van der Waals surface area contributed by atoms with Gasteiger partial charge in [0.05, 0.1) is 18.1 Å². The zero-order valence-corrected chi connectivity index (χ0v) is 12.6. The van der Waals surface area contributed by atoms with Crippen LogP contribution in [0.1, 0.15) is 31.2 Å². The van der Waals surface area contributed by atoms with E-state index in [-0.39, 0.29) is 24.6 Å². The van der Waals surface area contributed by atoms with Crippen molar-refractivity contribution in [2.75, 3.05) is 20.3 Å². The van der Waals surface area contributed by atoms with Crippen LogP contribution in [0.2, 0.25) is 0 Å². The Balaban J connectivity index is 2.19. The first-order chi connectivity index (χ1) is 10.5. The monoisotopic (exact) mass is 313 g/mol. The van der Waals surface area contributed by atoms with Crippen molar-refractivity contribution in [3.8, 4) is 0 Å². The van der Waals surface area contributed by atoms with Gasteiger partial charge in [-0.25, -0.2) is 8.78 Å². The van der Waals surface area contributed by atoms with E-state index in [1.165, 1.54) is 19.2 Å². The number of rotatable bonds is 6. The van der Waals surface area contributed by atoms with Gasteiger partial charge in [0.1, 0.15) is 11.6 Å². The normalized spacial score (nSPS) is 18.2. The summed E-state index contributed by atoms with van der Waals surface area (Å²) in [7, 11) is 1.46. The second-order valence-electron chi connectivity index (χ2n) is 5.73. The lowest BCUT2D eigenvalue weighted by Gasteiger charge is -2.29. The highest BCUT2D eigenvalue weighted by Gasteiger charge is 2.44. The van der Waals surface area contributed by atoms with Crippen molar-refractivity contribution < 1.29 is 23.4 Å². The fraction of sp³-hybridized carbons (Fsp3) is 0.562. The number of methoxy groups -OCH3 is 1.